The van der Waals surface area contributed by atoms with Crippen molar-refractivity contribution in [1.82, 2.24) is 5.32 Å². The number of nitrogens with one attached hydrogen (secondary N) is 1. The van der Waals surface area contributed by atoms with Crippen LogP contribution < -0.4 is 5.32 Å². The van der Waals surface area contributed by atoms with Gasteiger partial charge in [-0.15, -0.1) is 0 Å². The molecule has 1 aromatic rings. The summed E-state index contributed by atoms with van der Waals surface area (Å²) in [7, 11) is 0. The first-order valence-electron chi connectivity index (χ1n) is 6.63. The molecule has 1 rings (SSSR count). The molecule has 2 unspecified atom stereocenters. The zero-order valence-corrected chi connectivity index (χ0v) is 11.9. The van der Waals surface area contributed by atoms with E-state index in [1.165, 1.54) is 12.1 Å². The van der Waals surface area contributed by atoms with Crippen LogP contribution in [0, 0.1) is 5.92 Å². The van der Waals surface area contributed by atoms with E-state index in [9.17, 15) is 13.2 Å². The highest BCUT2D eigenvalue weighted by atomic mass is 19.4. The highest BCUT2D eigenvalue weighted by Crippen LogP contribution is 2.30. The molecule has 0 fully saturated rings. The number of rotatable bonds is 5. The monoisotopic (exact) mass is 273 g/mol. The third-order valence-corrected chi connectivity index (χ3v) is 3.07. The van der Waals surface area contributed by atoms with E-state index in [-0.39, 0.29) is 12.1 Å². The molecule has 0 bridgehead atoms. The van der Waals surface area contributed by atoms with Crippen LogP contribution in [0.15, 0.2) is 24.3 Å². The summed E-state index contributed by atoms with van der Waals surface area (Å²) < 4.78 is 37.9. The number of hydrogen-bond acceptors (Lipinski definition) is 1. The lowest BCUT2D eigenvalue weighted by Crippen LogP contribution is -2.30. The summed E-state index contributed by atoms with van der Waals surface area (Å²) in [4.78, 5) is 0. The van der Waals surface area contributed by atoms with Crippen molar-refractivity contribution >= 4 is 0 Å². The maximum absolute atomic E-state index is 12.6. The second kappa shape index (κ2) is 6.42. The molecule has 1 N–H and O–H groups in total. The zero-order valence-electron chi connectivity index (χ0n) is 11.9. The second-order valence-electron chi connectivity index (χ2n) is 5.54. The maximum Gasteiger partial charge on any atom is 0.416 e. The van der Waals surface area contributed by atoms with E-state index in [0.29, 0.717) is 11.5 Å². The van der Waals surface area contributed by atoms with Crippen LogP contribution in [-0.2, 0) is 6.18 Å². The standard InChI is InChI=1S/C15H22F3N/c1-10(2)8-11(3)19-12(4)13-6-5-7-14(9-13)15(16,17)18/h5-7,9-12,19H,8H2,1-4H3. The van der Waals surface area contributed by atoms with Crippen molar-refractivity contribution in [3.05, 3.63) is 35.4 Å². The molecule has 0 radical (unpaired) electrons. The van der Waals surface area contributed by atoms with E-state index in [1.54, 1.807) is 6.07 Å². The Balaban J connectivity index is 2.74. The van der Waals surface area contributed by atoms with Crippen molar-refractivity contribution in [1.29, 1.82) is 0 Å². The first-order valence-corrected chi connectivity index (χ1v) is 6.63. The number of halogens is 3. The minimum Gasteiger partial charge on any atom is -0.308 e. The summed E-state index contributed by atoms with van der Waals surface area (Å²) in [5, 5.41) is 3.34. The maximum atomic E-state index is 12.6. The Labute approximate surface area is 113 Å². The van der Waals surface area contributed by atoms with Gasteiger partial charge in [-0.1, -0.05) is 26.0 Å². The Morgan fingerprint density at radius 1 is 1.11 bits per heavy atom. The topological polar surface area (TPSA) is 12.0 Å². The number of benzene rings is 1. The van der Waals surface area contributed by atoms with Crippen LogP contribution in [0.1, 0.15) is 51.3 Å². The van der Waals surface area contributed by atoms with Gasteiger partial charge in [-0.05, 0) is 43.9 Å². The van der Waals surface area contributed by atoms with E-state index >= 15 is 0 Å². The Bertz CT molecular complexity index is 399. The predicted octanol–water partition coefficient (Wildman–Crippen LogP) is 4.79. The van der Waals surface area contributed by atoms with E-state index in [4.69, 9.17) is 0 Å². The normalized spacial score (nSPS) is 15.6. The van der Waals surface area contributed by atoms with Gasteiger partial charge in [-0.25, -0.2) is 0 Å². The molecule has 1 nitrogen and oxygen atoms in total. The van der Waals surface area contributed by atoms with Crippen molar-refractivity contribution in [2.24, 2.45) is 5.92 Å². The molecule has 2 atom stereocenters. The van der Waals surface area contributed by atoms with Gasteiger partial charge in [0.15, 0.2) is 0 Å². The number of hydrogen-bond donors (Lipinski definition) is 1. The van der Waals surface area contributed by atoms with Gasteiger partial charge in [0, 0.05) is 12.1 Å². The third-order valence-electron chi connectivity index (χ3n) is 3.07. The second-order valence-corrected chi connectivity index (χ2v) is 5.54. The third kappa shape index (κ3) is 5.23. The largest absolute Gasteiger partial charge is 0.416 e. The van der Waals surface area contributed by atoms with E-state index < -0.39 is 11.7 Å². The summed E-state index contributed by atoms with van der Waals surface area (Å²) in [6.45, 7) is 8.22. The summed E-state index contributed by atoms with van der Waals surface area (Å²) in [6, 6.07) is 5.71. The highest BCUT2D eigenvalue weighted by Gasteiger charge is 2.30. The SMILES string of the molecule is CC(C)CC(C)NC(C)c1cccc(C(F)(F)F)c1. The van der Waals surface area contributed by atoms with E-state index in [2.05, 4.69) is 26.1 Å². The molecule has 0 heterocycles. The quantitative estimate of drug-likeness (QED) is 0.813. The molecule has 108 valence electrons. The Kier molecular flexibility index (Phi) is 5.41. The minimum atomic E-state index is -4.28. The first kappa shape index (κ1) is 16.0. The highest BCUT2D eigenvalue weighted by molar-refractivity contribution is 5.27. The van der Waals surface area contributed by atoms with Gasteiger partial charge in [0.2, 0.25) is 0 Å². The average Bonchev–Trinajstić information content (AvgIpc) is 2.26. The minimum absolute atomic E-state index is 0.0870. The van der Waals surface area contributed by atoms with Crippen LogP contribution >= 0.6 is 0 Å². The van der Waals surface area contributed by atoms with Crippen LogP contribution in [0.5, 0.6) is 0 Å². The fraction of sp³-hybridized carbons (Fsp3) is 0.600. The van der Waals surface area contributed by atoms with Crippen molar-refractivity contribution < 1.29 is 13.2 Å². The summed E-state index contributed by atoms with van der Waals surface area (Å²) in [6.07, 6.45) is -3.28. The molecule has 0 aliphatic heterocycles. The fourth-order valence-corrected chi connectivity index (χ4v) is 2.28. The lowest BCUT2D eigenvalue weighted by molar-refractivity contribution is -0.137. The molecule has 4 heteroatoms. The lowest BCUT2D eigenvalue weighted by atomic mass is 10.0. The fourth-order valence-electron chi connectivity index (χ4n) is 2.28. The number of alkyl halides is 3. The van der Waals surface area contributed by atoms with Crippen molar-refractivity contribution in [3.63, 3.8) is 0 Å². The van der Waals surface area contributed by atoms with Gasteiger partial charge in [0.1, 0.15) is 0 Å². The zero-order chi connectivity index (χ0) is 14.6. The molecule has 0 saturated heterocycles. The smallest absolute Gasteiger partial charge is 0.308 e. The Morgan fingerprint density at radius 3 is 2.26 bits per heavy atom. The molecule has 0 aliphatic carbocycles. The van der Waals surface area contributed by atoms with Crippen LogP contribution in [0.25, 0.3) is 0 Å². The van der Waals surface area contributed by atoms with Crippen LogP contribution in [0.2, 0.25) is 0 Å². The van der Waals surface area contributed by atoms with Crippen LogP contribution in [0.3, 0.4) is 0 Å². The summed E-state index contributed by atoms with van der Waals surface area (Å²) >= 11 is 0. The Hall–Kier alpha value is -1.03. The summed E-state index contributed by atoms with van der Waals surface area (Å²) in [5.41, 5.74) is 0.0839. The Morgan fingerprint density at radius 2 is 1.74 bits per heavy atom. The van der Waals surface area contributed by atoms with Crippen LogP contribution in [-0.4, -0.2) is 6.04 Å². The lowest BCUT2D eigenvalue weighted by Gasteiger charge is -2.22. The van der Waals surface area contributed by atoms with Gasteiger partial charge in [-0.3, -0.25) is 0 Å². The molecule has 0 amide bonds. The molecule has 19 heavy (non-hydrogen) atoms. The predicted molar refractivity (Wildman–Crippen MR) is 71.9 cm³/mol. The molecule has 0 saturated carbocycles. The molecule has 0 aromatic heterocycles. The van der Waals surface area contributed by atoms with Gasteiger partial charge in [0.05, 0.1) is 5.56 Å². The van der Waals surface area contributed by atoms with Crippen molar-refractivity contribution in [2.45, 2.75) is 52.4 Å². The van der Waals surface area contributed by atoms with Gasteiger partial charge < -0.3 is 5.32 Å². The first-order chi connectivity index (χ1) is 8.70. The van der Waals surface area contributed by atoms with Crippen molar-refractivity contribution in [2.75, 3.05) is 0 Å². The molecular weight excluding hydrogens is 251 g/mol. The van der Waals surface area contributed by atoms with Gasteiger partial charge in [0.25, 0.3) is 0 Å². The average molecular weight is 273 g/mol. The van der Waals surface area contributed by atoms with Crippen molar-refractivity contribution in [3.8, 4) is 0 Å². The molecule has 1 aromatic carbocycles. The molecular formula is C15H22F3N. The molecule has 0 spiro atoms. The van der Waals surface area contributed by atoms with Gasteiger partial charge in [-0.2, -0.15) is 13.2 Å². The van der Waals surface area contributed by atoms with E-state index in [1.807, 2.05) is 6.92 Å². The molecule has 0 aliphatic rings. The van der Waals surface area contributed by atoms with Crippen LogP contribution in [0.4, 0.5) is 13.2 Å². The summed E-state index contributed by atoms with van der Waals surface area (Å²) in [5.74, 6) is 0.566. The van der Waals surface area contributed by atoms with Gasteiger partial charge >= 0.3 is 6.18 Å². The van der Waals surface area contributed by atoms with E-state index in [0.717, 1.165) is 12.5 Å².